The van der Waals surface area contributed by atoms with E-state index in [-0.39, 0.29) is 0 Å². The van der Waals surface area contributed by atoms with Gasteiger partial charge in [-0.05, 0) is 31.4 Å². The van der Waals surface area contributed by atoms with E-state index in [1.54, 1.807) is 0 Å². The van der Waals surface area contributed by atoms with Crippen molar-refractivity contribution >= 4 is 11.4 Å². The van der Waals surface area contributed by atoms with E-state index in [0.717, 1.165) is 18.0 Å². The highest BCUT2D eigenvalue weighted by molar-refractivity contribution is 5.70. The van der Waals surface area contributed by atoms with Crippen LogP contribution in [-0.2, 0) is 4.74 Å². The maximum Gasteiger partial charge on any atom is 0.0670 e. The van der Waals surface area contributed by atoms with Crippen LogP contribution < -0.4 is 11.1 Å². The molecule has 0 aliphatic rings. The molecule has 1 aromatic rings. The van der Waals surface area contributed by atoms with Gasteiger partial charge in [0.15, 0.2) is 0 Å². The summed E-state index contributed by atoms with van der Waals surface area (Å²) in [6, 6.07) is 6.26. The summed E-state index contributed by atoms with van der Waals surface area (Å²) >= 11 is 0. The molecule has 0 heterocycles. The molecule has 3 nitrogen and oxygen atoms in total. The minimum atomic E-state index is 0.290. The highest BCUT2D eigenvalue weighted by Crippen LogP contribution is 2.24. The van der Waals surface area contributed by atoms with Gasteiger partial charge >= 0.3 is 0 Å². The Morgan fingerprint density at radius 2 is 2.06 bits per heavy atom. The molecule has 0 aromatic heterocycles. The summed E-state index contributed by atoms with van der Waals surface area (Å²) in [6.45, 7) is 9.91. The van der Waals surface area contributed by atoms with Gasteiger partial charge < -0.3 is 15.8 Å². The Hall–Kier alpha value is -1.22. The molecule has 1 rings (SSSR count). The third-order valence-corrected chi connectivity index (χ3v) is 2.94. The molecule has 1 atom stereocenters. The lowest BCUT2D eigenvalue weighted by Gasteiger charge is -2.25. The largest absolute Gasteiger partial charge is 0.397 e. The second-order valence-electron chi connectivity index (χ2n) is 4.69. The number of ether oxygens (including phenoxy) is 1. The SMILES string of the molecule is CCOCC(Nc1c(C)cccc1N)C(C)C. The first-order valence-corrected chi connectivity index (χ1v) is 6.25. The van der Waals surface area contributed by atoms with Crippen molar-refractivity contribution in [3.8, 4) is 0 Å². The van der Waals surface area contributed by atoms with Crippen LogP contribution in [0.2, 0.25) is 0 Å². The van der Waals surface area contributed by atoms with Crippen LogP contribution in [0.4, 0.5) is 11.4 Å². The third kappa shape index (κ3) is 3.93. The van der Waals surface area contributed by atoms with Crippen molar-refractivity contribution in [3.63, 3.8) is 0 Å². The van der Waals surface area contributed by atoms with Crippen LogP contribution >= 0.6 is 0 Å². The van der Waals surface area contributed by atoms with Crippen LogP contribution in [0.1, 0.15) is 26.3 Å². The minimum Gasteiger partial charge on any atom is -0.397 e. The lowest BCUT2D eigenvalue weighted by atomic mass is 10.0. The molecule has 3 N–H and O–H groups in total. The van der Waals surface area contributed by atoms with Gasteiger partial charge in [0.25, 0.3) is 0 Å². The number of nitrogens with two attached hydrogens (primary N) is 1. The van der Waals surface area contributed by atoms with E-state index in [1.165, 1.54) is 5.56 Å². The van der Waals surface area contributed by atoms with E-state index in [2.05, 4.69) is 32.2 Å². The predicted octanol–water partition coefficient (Wildman–Crippen LogP) is 3.05. The van der Waals surface area contributed by atoms with E-state index >= 15 is 0 Å². The third-order valence-electron chi connectivity index (χ3n) is 2.94. The van der Waals surface area contributed by atoms with E-state index in [1.807, 2.05) is 19.1 Å². The smallest absolute Gasteiger partial charge is 0.0670 e. The normalized spacial score (nSPS) is 12.8. The van der Waals surface area contributed by atoms with Gasteiger partial charge in [-0.1, -0.05) is 26.0 Å². The molecule has 3 heteroatoms. The van der Waals surface area contributed by atoms with Gasteiger partial charge in [-0.15, -0.1) is 0 Å². The van der Waals surface area contributed by atoms with Crippen LogP contribution in [0.15, 0.2) is 18.2 Å². The molecule has 17 heavy (non-hydrogen) atoms. The highest BCUT2D eigenvalue weighted by atomic mass is 16.5. The predicted molar refractivity (Wildman–Crippen MR) is 74.3 cm³/mol. The summed E-state index contributed by atoms with van der Waals surface area (Å²) in [6.07, 6.45) is 0. The van der Waals surface area contributed by atoms with E-state index in [9.17, 15) is 0 Å². The van der Waals surface area contributed by atoms with Gasteiger partial charge in [-0.3, -0.25) is 0 Å². The molecule has 0 fully saturated rings. The second kappa shape index (κ2) is 6.50. The fourth-order valence-electron chi connectivity index (χ4n) is 1.72. The Morgan fingerprint density at radius 1 is 1.35 bits per heavy atom. The van der Waals surface area contributed by atoms with Gasteiger partial charge in [0, 0.05) is 6.61 Å². The number of anilines is 2. The molecular formula is C14H24N2O. The molecule has 0 saturated heterocycles. The first kappa shape index (κ1) is 13.8. The fourth-order valence-corrected chi connectivity index (χ4v) is 1.72. The first-order valence-electron chi connectivity index (χ1n) is 6.25. The number of aryl methyl sites for hydroxylation is 1. The minimum absolute atomic E-state index is 0.290. The Bertz CT molecular complexity index is 330. The Labute approximate surface area is 104 Å². The molecule has 0 amide bonds. The molecule has 1 unspecified atom stereocenters. The summed E-state index contributed by atoms with van der Waals surface area (Å²) in [7, 11) is 0. The fraction of sp³-hybridized carbons (Fsp3) is 0.571. The number of nitrogen functional groups attached to an aromatic ring is 1. The zero-order valence-electron chi connectivity index (χ0n) is 11.3. The maximum atomic E-state index is 6.00. The van der Waals surface area contributed by atoms with Crippen molar-refractivity contribution in [1.29, 1.82) is 0 Å². The molecule has 0 spiro atoms. The van der Waals surface area contributed by atoms with Crippen LogP contribution in [0.3, 0.4) is 0 Å². The molecule has 0 aliphatic heterocycles. The zero-order valence-corrected chi connectivity index (χ0v) is 11.3. The monoisotopic (exact) mass is 236 g/mol. The Morgan fingerprint density at radius 3 is 2.59 bits per heavy atom. The maximum absolute atomic E-state index is 6.00. The quantitative estimate of drug-likeness (QED) is 0.746. The number of para-hydroxylation sites is 1. The van der Waals surface area contributed by atoms with Gasteiger partial charge in [0.2, 0.25) is 0 Å². The average Bonchev–Trinajstić information content (AvgIpc) is 2.27. The number of nitrogens with one attached hydrogen (secondary N) is 1. The summed E-state index contributed by atoms with van der Waals surface area (Å²) in [5.41, 5.74) is 9.00. The van der Waals surface area contributed by atoms with Crippen molar-refractivity contribution in [2.75, 3.05) is 24.3 Å². The number of rotatable bonds is 6. The topological polar surface area (TPSA) is 47.3 Å². The molecular weight excluding hydrogens is 212 g/mol. The van der Waals surface area contributed by atoms with E-state index in [0.29, 0.717) is 18.6 Å². The zero-order chi connectivity index (χ0) is 12.8. The van der Waals surface area contributed by atoms with Crippen LogP contribution in [0.5, 0.6) is 0 Å². The lowest BCUT2D eigenvalue weighted by Crippen LogP contribution is -2.31. The number of hydrogen-bond acceptors (Lipinski definition) is 3. The van der Waals surface area contributed by atoms with Crippen LogP contribution in [-0.4, -0.2) is 19.3 Å². The van der Waals surface area contributed by atoms with Gasteiger partial charge in [-0.25, -0.2) is 0 Å². The van der Waals surface area contributed by atoms with Crippen molar-refractivity contribution in [2.45, 2.75) is 33.7 Å². The molecule has 1 aromatic carbocycles. The van der Waals surface area contributed by atoms with Crippen molar-refractivity contribution in [1.82, 2.24) is 0 Å². The first-order chi connectivity index (χ1) is 8.06. The van der Waals surface area contributed by atoms with Gasteiger partial charge in [0.05, 0.1) is 24.0 Å². The van der Waals surface area contributed by atoms with Crippen LogP contribution in [0, 0.1) is 12.8 Å². The van der Waals surface area contributed by atoms with Crippen molar-refractivity contribution in [2.24, 2.45) is 5.92 Å². The molecule has 0 aliphatic carbocycles. The van der Waals surface area contributed by atoms with E-state index in [4.69, 9.17) is 10.5 Å². The second-order valence-corrected chi connectivity index (χ2v) is 4.69. The van der Waals surface area contributed by atoms with E-state index < -0.39 is 0 Å². The average molecular weight is 236 g/mol. The summed E-state index contributed by atoms with van der Waals surface area (Å²) in [4.78, 5) is 0. The van der Waals surface area contributed by atoms with Crippen LogP contribution in [0.25, 0.3) is 0 Å². The summed E-state index contributed by atoms with van der Waals surface area (Å²) in [5.74, 6) is 0.501. The molecule has 0 bridgehead atoms. The molecule has 0 saturated carbocycles. The Balaban J connectivity index is 2.78. The molecule has 0 radical (unpaired) electrons. The standard InChI is InChI=1S/C14H24N2O/c1-5-17-9-13(10(2)3)16-14-11(4)7-6-8-12(14)15/h6-8,10,13,16H,5,9,15H2,1-4H3. The summed E-state index contributed by atoms with van der Waals surface area (Å²) < 4.78 is 5.51. The number of hydrogen-bond donors (Lipinski definition) is 2. The lowest BCUT2D eigenvalue weighted by molar-refractivity contribution is 0.127. The molecule has 96 valence electrons. The van der Waals surface area contributed by atoms with Crippen molar-refractivity contribution < 1.29 is 4.74 Å². The Kier molecular flexibility index (Phi) is 5.29. The summed E-state index contributed by atoms with van der Waals surface area (Å²) in [5, 5.41) is 3.50. The van der Waals surface area contributed by atoms with Crippen molar-refractivity contribution in [3.05, 3.63) is 23.8 Å². The number of benzene rings is 1. The van der Waals surface area contributed by atoms with Gasteiger partial charge in [0.1, 0.15) is 0 Å². The van der Waals surface area contributed by atoms with Gasteiger partial charge in [-0.2, -0.15) is 0 Å². The highest BCUT2D eigenvalue weighted by Gasteiger charge is 2.15.